The summed E-state index contributed by atoms with van der Waals surface area (Å²) in [6.45, 7) is 1.81. The van der Waals surface area contributed by atoms with Crippen molar-refractivity contribution in [2.24, 2.45) is 5.92 Å². The SMILES string of the molecule is Cc1nc2c(Oc3ccc(F)cc3F)c(C3=CN(C)C(=O)C4NC=CC34)ccc2[nH]1. The first-order chi connectivity index (χ1) is 14.4. The van der Waals surface area contributed by atoms with E-state index in [0.29, 0.717) is 22.7 Å². The molecule has 0 fully saturated rings. The summed E-state index contributed by atoms with van der Waals surface area (Å²) in [7, 11) is 1.69. The van der Waals surface area contributed by atoms with Crippen molar-refractivity contribution < 1.29 is 18.3 Å². The van der Waals surface area contributed by atoms with E-state index >= 15 is 0 Å². The van der Waals surface area contributed by atoms with E-state index < -0.39 is 17.7 Å². The lowest BCUT2D eigenvalue weighted by atomic mass is 9.85. The number of carbonyl (C=O) groups excluding carboxylic acids is 1. The van der Waals surface area contributed by atoms with E-state index in [1.807, 2.05) is 25.1 Å². The zero-order chi connectivity index (χ0) is 21.0. The molecule has 3 aromatic rings. The van der Waals surface area contributed by atoms with Crippen molar-refractivity contribution in [2.45, 2.75) is 13.0 Å². The van der Waals surface area contributed by atoms with Gasteiger partial charge in [-0.15, -0.1) is 0 Å². The largest absolute Gasteiger partial charge is 0.451 e. The standard InChI is InChI=1S/C22H18F2N4O2/c1-11-26-17-5-4-14(15-10-28(2)22(29)19-13(15)7-8-25-19)21(20(17)27-11)30-18-6-3-12(23)9-16(18)24/h3-10,13,19,25H,1-2H3,(H,26,27). The molecule has 3 heterocycles. The fraction of sp³-hybridized carbons (Fsp3) is 0.182. The average Bonchev–Trinajstić information content (AvgIpc) is 3.33. The predicted molar refractivity (Wildman–Crippen MR) is 108 cm³/mol. The number of benzene rings is 2. The quantitative estimate of drug-likeness (QED) is 0.691. The zero-order valence-corrected chi connectivity index (χ0v) is 16.2. The van der Waals surface area contributed by atoms with Crippen LogP contribution in [-0.2, 0) is 4.79 Å². The van der Waals surface area contributed by atoms with Crippen LogP contribution in [0.25, 0.3) is 16.6 Å². The van der Waals surface area contributed by atoms with Crippen molar-refractivity contribution >= 4 is 22.5 Å². The third-order valence-corrected chi connectivity index (χ3v) is 5.39. The molecule has 0 saturated heterocycles. The molecule has 6 nitrogen and oxygen atoms in total. The number of aromatic amines is 1. The molecule has 2 unspecified atom stereocenters. The fourth-order valence-corrected chi connectivity index (χ4v) is 3.98. The van der Waals surface area contributed by atoms with Gasteiger partial charge in [-0.3, -0.25) is 4.79 Å². The lowest BCUT2D eigenvalue weighted by molar-refractivity contribution is -0.130. The van der Waals surface area contributed by atoms with Gasteiger partial charge in [0.1, 0.15) is 23.2 Å². The molecule has 0 bridgehead atoms. The van der Waals surface area contributed by atoms with Crippen molar-refractivity contribution in [3.05, 3.63) is 71.8 Å². The lowest BCUT2D eigenvalue weighted by Crippen LogP contribution is -2.46. The third-order valence-electron chi connectivity index (χ3n) is 5.39. The Labute approximate surface area is 170 Å². The summed E-state index contributed by atoms with van der Waals surface area (Å²) in [5.41, 5.74) is 2.77. The van der Waals surface area contributed by atoms with Crippen LogP contribution < -0.4 is 10.1 Å². The summed E-state index contributed by atoms with van der Waals surface area (Å²) >= 11 is 0. The molecule has 152 valence electrons. The van der Waals surface area contributed by atoms with Crippen molar-refractivity contribution in [1.82, 2.24) is 20.2 Å². The molecule has 2 N–H and O–H groups in total. The number of aryl methyl sites for hydroxylation is 1. The maximum atomic E-state index is 14.4. The highest BCUT2D eigenvalue weighted by molar-refractivity contribution is 5.96. The van der Waals surface area contributed by atoms with E-state index in [0.717, 1.165) is 23.2 Å². The number of hydrogen-bond donors (Lipinski definition) is 2. The number of ether oxygens (including phenoxy) is 1. The van der Waals surface area contributed by atoms with Crippen molar-refractivity contribution in [2.75, 3.05) is 7.05 Å². The van der Waals surface area contributed by atoms with Crippen LogP contribution in [0.3, 0.4) is 0 Å². The number of rotatable bonds is 3. The van der Waals surface area contributed by atoms with Gasteiger partial charge < -0.3 is 19.9 Å². The van der Waals surface area contributed by atoms with Crippen molar-refractivity contribution in [1.29, 1.82) is 0 Å². The normalized spacial score (nSPS) is 20.3. The summed E-state index contributed by atoms with van der Waals surface area (Å²) in [6, 6.07) is 6.47. The first-order valence-corrected chi connectivity index (χ1v) is 9.46. The maximum absolute atomic E-state index is 14.4. The molecular formula is C22H18F2N4O2. The van der Waals surface area contributed by atoms with Crippen LogP contribution in [-0.4, -0.2) is 33.9 Å². The summed E-state index contributed by atoms with van der Waals surface area (Å²) in [4.78, 5) is 21.7. The minimum atomic E-state index is -0.810. The van der Waals surface area contributed by atoms with Gasteiger partial charge in [-0.05, 0) is 43.0 Å². The number of amides is 1. The molecule has 0 radical (unpaired) electrons. The minimum Gasteiger partial charge on any atom is -0.451 e. The van der Waals surface area contributed by atoms with Gasteiger partial charge in [0.25, 0.3) is 0 Å². The van der Waals surface area contributed by atoms with E-state index in [4.69, 9.17) is 4.74 Å². The number of carbonyl (C=O) groups is 1. The van der Waals surface area contributed by atoms with Gasteiger partial charge in [0.2, 0.25) is 5.91 Å². The molecule has 0 aliphatic carbocycles. The second-order valence-electron chi connectivity index (χ2n) is 7.40. The molecule has 30 heavy (non-hydrogen) atoms. The van der Waals surface area contributed by atoms with E-state index in [2.05, 4.69) is 15.3 Å². The molecule has 2 aliphatic rings. The average molecular weight is 408 g/mol. The van der Waals surface area contributed by atoms with Crippen LogP contribution in [0.5, 0.6) is 11.5 Å². The second-order valence-corrected chi connectivity index (χ2v) is 7.40. The van der Waals surface area contributed by atoms with Gasteiger partial charge in [-0.2, -0.15) is 0 Å². The number of halogens is 2. The van der Waals surface area contributed by atoms with E-state index in [1.165, 1.54) is 11.0 Å². The second kappa shape index (κ2) is 6.69. The number of fused-ring (bicyclic) bond motifs is 2. The summed E-state index contributed by atoms with van der Waals surface area (Å²) in [5.74, 6) is -0.830. The highest BCUT2D eigenvalue weighted by Gasteiger charge is 2.39. The highest BCUT2D eigenvalue weighted by atomic mass is 19.1. The Morgan fingerprint density at radius 2 is 2.03 bits per heavy atom. The Morgan fingerprint density at radius 3 is 2.83 bits per heavy atom. The van der Waals surface area contributed by atoms with E-state index in [9.17, 15) is 13.6 Å². The molecule has 2 aromatic carbocycles. The Morgan fingerprint density at radius 1 is 1.20 bits per heavy atom. The summed E-state index contributed by atoms with van der Waals surface area (Å²) in [6.07, 6.45) is 5.44. The fourth-order valence-electron chi connectivity index (χ4n) is 3.98. The van der Waals surface area contributed by atoms with Gasteiger partial charge in [-0.1, -0.05) is 6.08 Å². The van der Waals surface area contributed by atoms with Crippen LogP contribution in [0.4, 0.5) is 8.78 Å². The van der Waals surface area contributed by atoms with Crippen LogP contribution in [0.1, 0.15) is 11.4 Å². The Balaban J connectivity index is 1.70. The molecule has 2 atom stereocenters. The predicted octanol–water partition coefficient (Wildman–Crippen LogP) is 3.86. The molecular weight excluding hydrogens is 390 g/mol. The van der Waals surface area contributed by atoms with Crippen LogP contribution in [0, 0.1) is 24.5 Å². The zero-order valence-electron chi connectivity index (χ0n) is 16.2. The number of hydrogen-bond acceptors (Lipinski definition) is 4. The Hall–Kier alpha value is -3.68. The molecule has 1 amide bonds. The monoisotopic (exact) mass is 408 g/mol. The van der Waals surface area contributed by atoms with Crippen LogP contribution in [0.2, 0.25) is 0 Å². The molecule has 1 aromatic heterocycles. The highest BCUT2D eigenvalue weighted by Crippen LogP contribution is 2.43. The third kappa shape index (κ3) is 2.83. The number of aromatic nitrogens is 2. The molecule has 2 aliphatic heterocycles. The minimum absolute atomic E-state index is 0.0440. The van der Waals surface area contributed by atoms with E-state index in [1.54, 1.807) is 19.4 Å². The van der Waals surface area contributed by atoms with Gasteiger partial charge >= 0.3 is 0 Å². The van der Waals surface area contributed by atoms with Gasteiger partial charge in [0, 0.05) is 30.8 Å². The topological polar surface area (TPSA) is 70.2 Å². The first kappa shape index (κ1) is 18.4. The molecule has 5 rings (SSSR count). The van der Waals surface area contributed by atoms with E-state index in [-0.39, 0.29) is 17.6 Å². The summed E-state index contributed by atoms with van der Waals surface area (Å²) < 4.78 is 33.7. The first-order valence-electron chi connectivity index (χ1n) is 9.46. The lowest BCUT2D eigenvalue weighted by Gasteiger charge is -2.32. The number of nitrogens with zero attached hydrogens (tertiary/aromatic N) is 2. The maximum Gasteiger partial charge on any atom is 0.249 e. The smallest absolute Gasteiger partial charge is 0.249 e. The summed E-state index contributed by atoms with van der Waals surface area (Å²) in [5, 5.41) is 3.09. The van der Waals surface area contributed by atoms with Crippen molar-refractivity contribution in [3.63, 3.8) is 0 Å². The Kier molecular flexibility index (Phi) is 4.09. The molecule has 8 heteroatoms. The number of imidazole rings is 1. The van der Waals surface area contributed by atoms with Crippen LogP contribution in [0.15, 0.2) is 48.8 Å². The van der Waals surface area contributed by atoms with Crippen LogP contribution >= 0.6 is 0 Å². The number of likely N-dealkylation sites (N-methyl/N-ethyl adjacent to an activating group) is 1. The van der Waals surface area contributed by atoms with Crippen molar-refractivity contribution in [3.8, 4) is 11.5 Å². The molecule has 0 spiro atoms. The molecule has 0 saturated carbocycles. The number of H-pyrrole nitrogens is 1. The Bertz CT molecular complexity index is 1250. The van der Waals surface area contributed by atoms with Gasteiger partial charge in [0.15, 0.2) is 17.3 Å². The number of nitrogens with one attached hydrogen (secondary N) is 2. The van der Waals surface area contributed by atoms with Gasteiger partial charge in [0.05, 0.1) is 5.52 Å². The van der Waals surface area contributed by atoms with Gasteiger partial charge in [-0.25, -0.2) is 13.8 Å².